The van der Waals surface area contributed by atoms with E-state index in [1.54, 1.807) is 28.9 Å². The van der Waals surface area contributed by atoms with E-state index < -0.39 is 15.7 Å². The molecule has 2 fully saturated rings. The Morgan fingerprint density at radius 2 is 1.84 bits per heavy atom. The van der Waals surface area contributed by atoms with E-state index in [1.165, 1.54) is 16.4 Å². The van der Waals surface area contributed by atoms with Crippen molar-refractivity contribution in [1.82, 2.24) is 28.9 Å². The molecule has 2 aliphatic rings. The first kappa shape index (κ1) is 23.2. The summed E-state index contributed by atoms with van der Waals surface area (Å²) in [6.07, 6.45) is 5.21. The van der Waals surface area contributed by atoms with Crippen molar-refractivity contribution in [3.05, 3.63) is 63.4 Å². The van der Waals surface area contributed by atoms with Gasteiger partial charge in [-0.3, -0.25) is 9.98 Å². The van der Waals surface area contributed by atoms with Gasteiger partial charge in [-0.05, 0) is 43.2 Å². The lowest BCUT2D eigenvalue weighted by molar-refractivity contribution is 0.384. The number of aromatic hydroxyl groups is 1. The normalized spacial score (nSPS) is 18.2. The average molecular weight is 524 g/mol. The largest absolute Gasteiger partial charge is 0.493 e. The fourth-order valence-electron chi connectivity index (χ4n) is 4.29. The zero-order valence-corrected chi connectivity index (χ0v) is 20.5. The highest BCUT2D eigenvalue weighted by Crippen LogP contribution is 2.23. The van der Waals surface area contributed by atoms with E-state index in [9.17, 15) is 18.3 Å². The van der Waals surface area contributed by atoms with E-state index >= 15 is 0 Å². The molecule has 13 nitrogen and oxygen atoms in total. The van der Waals surface area contributed by atoms with Gasteiger partial charge in [0.05, 0.1) is 17.1 Å². The molecule has 1 aromatic carbocycles. The third-order valence-electron chi connectivity index (χ3n) is 6.44. The van der Waals surface area contributed by atoms with E-state index in [-0.39, 0.29) is 22.5 Å². The number of H-pyrrole nitrogens is 2. The number of rotatable bonds is 5. The summed E-state index contributed by atoms with van der Waals surface area (Å²) in [5, 5.41) is 15.0. The highest BCUT2D eigenvalue weighted by Gasteiger charge is 2.29. The molecule has 0 unspecified atom stereocenters. The highest BCUT2D eigenvalue weighted by molar-refractivity contribution is 7.89. The van der Waals surface area contributed by atoms with Gasteiger partial charge in [0, 0.05) is 43.2 Å². The second-order valence-electron chi connectivity index (χ2n) is 9.11. The topological polar surface area (TPSA) is 178 Å². The number of nitrogens with one attached hydrogen (secondary N) is 2. The van der Waals surface area contributed by atoms with Crippen LogP contribution in [0, 0.1) is 0 Å². The van der Waals surface area contributed by atoms with Gasteiger partial charge in [-0.1, -0.05) is 0 Å². The molecule has 3 aromatic heterocycles. The fraction of sp³-hybridized carbons (Fsp3) is 0.304. The van der Waals surface area contributed by atoms with Crippen molar-refractivity contribution >= 4 is 33.3 Å². The minimum absolute atomic E-state index is 0.214. The Morgan fingerprint density at radius 1 is 1.11 bits per heavy atom. The molecule has 0 spiro atoms. The quantitative estimate of drug-likeness (QED) is 0.244. The number of nitrogens with zero attached hydrogens (tertiary/aromatic N) is 6. The Kier molecular flexibility index (Phi) is 5.49. The van der Waals surface area contributed by atoms with Gasteiger partial charge in [-0.2, -0.15) is 13.9 Å². The number of aromatic nitrogens is 5. The van der Waals surface area contributed by atoms with Crippen molar-refractivity contribution in [3.63, 3.8) is 0 Å². The SMILES string of the molecule is Nc1ccc(S(=O)(=O)N2CCN(c3cc(=NC4CC4)n4ncc(=Cc5[nH]c(=O)[nH]c5O)c4n3)CC2)cc1. The first-order valence-corrected chi connectivity index (χ1v) is 13.3. The minimum atomic E-state index is -3.63. The van der Waals surface area contributed by atoms with Gasteiger partial charge in [0.2, 0.25) is 15.9 Å². The van der Waals surface area contributed by atoms with Gasteiger partial charge < -0.3 is 20.7 Å². The predicted molar refractivity (Wildman–Crippen MR) is 135 cm³/mol. The number of piperazine rings is 1. The molecular weight excluding hydrogens is 498 g/mol. The van der Waals surface area contributed by atoms with Crippen molar-refractivity contribution < 1.29 is 13.5 Å². The van der Waals surface area contributed by atoms with Crippen molar-refractivity contribution in [3.8, 4) is 5.88 Å². The maximum atomic E-state index is 13.1. The Labute approximate surface area is 210 Å². The molecule has 6 rings (SSSR count). The van der Waals surface area contributed by atoms with Gasteiger partial charge in [-0.15, -0.1) is 0 Å². The first-order valence-electron chi connectivity index (χ1n) is 11.8. The zero-order valence-electron chi connectivity index (χ0n) is 19.7. The van der Waals surface area contributed by atoms with Crippen LogP contribution in [-0.2, 0) is 10.0 Å². The van der Waals surface area contributed by atoms with E-state index in [1.807, 2.05) is 11.0 Å². The highest BCUT2D eigenvalue weighted by atomic mass is 32.2. The number of benzene rings is 1. The minimum Gasteiger partial charge on any atom is -0.493 e. The molecule has 0 bridgehead atoms. The zero-order chi connectivity index (χ0) is 25.7. The molecule has 37 heavy (non-hydrogen) atoms. The molecule has 192 valence electrons. The standard InChI is InChI=1S/C23H25N9O4S/c24-15-1-5-17(6-2-15)37(35,36)31-9-7-30(8-10-31)19-12-20(26-16-3-4-16)32-21(28-19)14(13-25-32)11-18-22(33)29-23(34)27-18/h1-2,5-6,11-13,16,33H,3-4,7-10,24H2,(H2,27,29,34). The maximum Gasteiger partial charge on any atom is 0.326 e. The number of sulfonamides is 1. The van der Waals surface area contributed by atoms with Crippen LogP contribution in [-0.4, -0.2) is 74.6 Å². The predicted octanol–water partition coefficient (Wildman–Crippen LogP) is -0.845. The number of hydrogen-bond donors (Lipinski definition) is 4. The molecule has 1 saturated heterocycles. The Balaban J connectivity index is 1.34. The summed E-state index contributed by atoms with van der Waals surface area (Å²) in [7, 11) is -3.63. The van der Waals surface area contributed by atoms with Crippen molar-refractivity contribution in [2.75, 3.05) is 36.8 Å². The fourth-order valence-corrected chi connectivity index (χ4v) is 5.71. The molecule has 4 heterocycles. The molecule has 4 aromatic rings. The number of hydrogen-bond acceptors (Lipinski definition) is 9. The summed E-state index contributed by atoms with van der Waals surface area (Å²) in [4.78, 5) is 28.2. The van der Waals surface area contributed by atoms with Gasteiger partial charge in [-0.25, -0.2) is 18.2 Å². The second-order valence-corrected chi connectivity index (χ2v) is 11.1. The molecule has 14 heteroatoms. The Hall–Kier alpha value is -4.17. The van der Waals surface area contributed by atoms with Crippen LogP contribution in [0.25, 0.3) is 11.7 Å². The van der Waals surface area contributed by atoms with Crippen molar-refractivity contribution in [2.45, 2.75) is 23.8 Å². The van der Waals surface area contributed by atoms with Crippen molar-refractivity contribution in [1.29, 1.82) is 0 Å². The van der Waals surface area contributed by atoms with Crippen LogP contribution in [0.4, 0.5) is 11.5 Å². The van der Waals surface area contributed by atoms with Crippen LogP contribution in [0.1, 0.15) is 18.5 Å². The molecule has 0 atom stereocenters. The lowest BCUT2D eigenvalue weighted by atomic mass is 10.3. The second kappa shape index (κ2) is 8.74. The summed E-state index contributed by atoms with van der Waals surface area (Å²) in [5.74, 6) is 0.375. The Morgan fingerprint density at radius 3 is 2.49 bits per heavy atom. The summed E-state index contributed by atoms with van der Waals surface area (Å²) < 4.78 is 29.3. The summed E-state index contributed by atoms with van der Waals surface area (Å²) in [6.45, 7) is 1.48. The van der Waals surface area contributed by atoms with E-state index in [4.69, 9.17) is 15.7 Å². The lowest BCUT2D eigenvalue weighted by Gasteiger charge is -2.34. The third-order valence-corrected chi connectivity index (χ3v) is 8.36. The molecule has 5 N–H and O–H groups in total. The molecule has 1 aliphatic heterocycles. The van der Waals surface area contributed by atoms with E-state index in [0.717, 1.165) is 12.8 Å². The number of imidazole rings is 1. The molecular formula is C23H25N9O4S. The van der Waals surface area contributed by atoms with Crippen LogP contribution < -0.4 is 27.0 Å². The maximum absolute atomic E-state index is 13.1. The van der Waals surface area contributed by atoms with Crippen molar-refractivity contribution in [2.24, 2.45) is 4.99 Å². The molecule has 1 aliphatic carbocycles. The summed E-state index contributed by atoms with van der Waals surface area (Å²) in [5.41, 5.74) is 7.06. The lowest BCUT2D eigenvalue weighted by Crippen LogP contribution is -2.49. The Bertz CT molecular complexity index is 1760. The average Bonchev–Trinajstić information content (AvgIpc) is 3.52. The number of nitrogen functional groups attached to an aromatic ring is 1. The summed E-state index contributed by atoms with van der Waals surface area (Å²) in [6, 6.07) is 8.30. The third kappa shape index (κ3) is 4.44. The van der Waals surface area contributed by atoms with Gasteiger partial charge in [0.1, 0.15) is 11.5 Å². The monoisotopic (exact) mass is 523 g/mol. The van der Waals surface area contributed by atoms with Crippen LogP contribution in [0.3, 0.4) is 0 Å². The number of anilines is 2. The number of fused-ring (bicyclic) bond motifs is 1. The van der Waals surface area contributed by atoms with Crippen LogP contribution >= 0.6 is 0 Å². The number of aromatic amines is 2. The van der Waals surface area contributed by atoms with E-state index in [2.05, 4.69) is 15.1 Å². The van der Waals surface area contributed by atoms with Gasteiger partial charge in [0.25, 0.3) is 0 Å². The van der Waals surface area contributed by atoms with Gasteiger partial charge >= 0.3 is 5.69 Å². The molecule has 1 saturated carbocycles. The first-order chi connectivity index (χ1) is 17.8. The van der Waals surface area contributed by atoms with Gasteiger partial charge in [0.15, 0.2) is 11.1 Å². The molecule has 0 amide bonds. The number of nitrogens with two attached hydrogens (primary N) is 1. The van der Waals surface area contributed by atoms with Crippen LogP contribution in [0.5, 0.6) is 5.88 Å². The summed E-state index contributed by atoms with van der Waals surface area (Å²) >= 11 is 0. The smallest absolute Gasteiger partial charge is 0.326 e. The van der Waals surface area contributed by atoms with Crippen LogP contribution in [0.2, 0.25) is 0 Å². The van der Waals surface area contributed by atoms with E-state index in [0.29, 0.717) is 54.0 Å². The molecule has 0 radical (unpaired) electrons. The van der Waals surface area contributed by atoms with Crippen LogP contribution in [0.15, 0.2) is 51.2 Å².